The van der Waals surface area contributed by atoms with Gasteiger partial charge in [0.15, 0.2) is 5.82 Å². The number of carbonyl (C=O) groups excluding carboxylic acids is 1. The Kier molecular flexibility index (Phi) is 7.90. The van der Waals surface area contributed by atoms with E-state index in [0.717, 1.165) is 12.1 Å². The average Bonchev–Trinajstić information content (AvgIpc) is 3.31. The quantitative estimate of drug-likeness (QED) is 0.0591. The van der Waals surface area contributed by atoms with E-state index in [4.69, 9.17) is 5.53 Å². The van der Waals surface area contributed by atoms with Crippen molar-refractivity contribution >= 4 is 55.6 Å². The second-order valence-electron chi connectivity index (χ2n) is 8.30. The Morgan fingerprint density at radius 2 is 1.92 bits per heavy atom. The molecule has 5 N–H and O–H groups in total. The molecule has 4 aromatic rings. The van der Waals surface area contributed by atoms with Gasteiger partial charge in [-0.15, -0.1) is 5.10 Å². The highest BCUT2D eigenvalue weighted by Crippen LogP contribution is 2.31. The van der Waals surface area contributed by atoms with Crippen LogP contribution in [0.3, 0.4) is 0 Å². The lowest BCUT2D eigenvalue weighted by Gasteiger charge is -2.12. The van der Waals surface area contributed by atoms with E-state index in [2.05, 4.69) is 40.6 Å². The first-order chi connectivity index (χ1) is 18.6. The van der Waals surface area contributed by atoms with Crippen molar-refractivity contribution in [2.24, 2.45) is 10.3 Å². The number of halogens is 2. The number of aromatic amines is 1. The molecular formula is C24H23F2N9O3S. The predicted octanol–water partition coefficient (Wildman–Crippen LogP) is 5.14. The molecule has 0 spiro atoms. The molecule has 0 saturated carbocycles. The Balaban J connectivity index is 1.73. The lowest BCUT2D eigenvalue weighted by Crippen LogP contribution is -2.18. The average molecular weight is 556 g/mol. The zero-order chi connectivity index (χ0) is 28.2. The van der Waals surface area contributed by atoms with Crippen molar-refractivity contribution in [1.29, 1.82) is 5.53 Å². The predicted molar refractivity (Wildman–Crippen MR) is 143 cm³/mol. The summed E-state index contributed by atoms with van der Waals surface area (Å²) in [4.78, 5) is 24.5. The molecule has 202 valence electrons. The number of hydrogen-bond donors (Lipinski definition) is 5. The first-order valence-corrected chi connectivity index (χ1v) is 13.2. The van der Waals surface area contributed by atoms with Crippen LogP contribution in [-0.2, 0) is 10.0 Å². The molecule has 2 heterocycles. The summed E-state index contributed by atoms with van der Waals surface area (Å²) in [5.41, 5.74) is 6.62. The zero-order valence-electron chi connectivity index (χ0n) is 20.7. The third-order valence-electron chi connectivity index (χ3n) is 5.42. The molecule has 12 nitrogen and oxygen atoms in total. The maximum atomic E-state index is 15.3. The molecule has 0 radical (unpaired) electrons. The monoisotopic (exact) mass is 555 g/mol. The van der Waals surface area contributed by atoms with Gasteiger partial charge >= 0.3 is 0 Å². The molecule has 0 atom stereocenters. The standard InChI is InChI=1S/C24H23F2N9O3S/c1-3-9-39(37,38)34-18-8-7-17(25)20(21(18)26)22(36)16-11-28-23-19(16)24(30-12-29-23)32-15-6-4-5-14(10-15)31-13(2)33-35-27/h4-8,10-12,34H,3,9H2,1-2H3,(H2,27,31,33)(H2,28,29,30,32). The number of nitrogens with zero attached hydrogens (tertiary/aromatic N) is 4. The summed E-state index contributed by atoms with van der Waals surface area (Å²) in [5.74, 6) is -3.25. The Hall–Kier alpha value is -4.79. The number of fused-ring (bicyclic) bond motifs is 1. The first-order valence-electron chi connectivity index (χ1n) is 11.5. The maximum absolute atomic E-state index is 15.3. The Morgan fingerprint density at radius 1 is 1.15 bits per heavy atom. The van der Waals surface area contributed by atoms with Crippen LogP contribution >= 0.6 is 0 Å². The molecule has 0 aliphatic heterocycles. The van der Waals surface area contributed by atoms with E-state index >= 15 is 4.39 Å². The van der Waals surface area contributed by atoms with Gasteiger partial charge in [0.25, 0.3) is 0 Å². The van der Waals surface area contributed by atoms with Crippen molar-refractivity contribution in [3.8, 4) is 0 Å². The highest BCUT2D eigenvalue weighted by Gasteiger charge is 2.27. The molecule has 2 aromatic heterocycles. The summed E-state index contributed by atoms with van der Waals surface area (Å²) in [6.45, 7) is 3.27. The lowest BCUT2D eigenvalue weighted by molar-refractivity contribution is 0.103. The summed E-state index contributed by atoms with van der Waals surface area (Å²) in [6, 6.07) is 8.65. The molecule has 0 bridgehead atoms. The second-order valence-corrected chi connectivity index (χ2v) is 10.1. The molecule has 0 saturated heterocycles. The van der Waals surface area contributed by atoms with Crippen LogP contribution in [0, 0.1) is 17.2 Å². The van der Waals surface area contributed by atoms with Crippen molar-refractivity contribution in [3.63, 3.8) is 0 Å². The van der Waals surface area contributed by atoms with Crippen molar-refractivity contribution in [2.75, 3.05) is 21.1 Å². The summed E-state index contributed by atoms with van der Waals surface area (Å²) < 4.78 is 56.4. The van der Waals surface area contributed by atoms with Gasteiger partial charge in [-0.05, 0) is 43.7 Å². The van der Waals surface area contributed by atoms with Crippen LogP contribution in [-0.4, -0.2) is 40.7 Å². The van der Waals surface area contributed by atoms with E-state index in [0.29, 0.717) is 17.2 Å². The van der Waals surface area contributed by atoms with Crippen molar-refractivity contribution < 1.29 is 22.0 Å². The number of aromatic nitrogens is 3. The number of anilines is 4. The number of hydrogen-bond acceptors (Lipinski definition) is 8. The van der Waals surface area contributed by atoms with Crippen LogP contribution in [0.5, 0.6) is 0 Å². The van der Waals surface area contributed by atoms with Gasteiger partial charge in [-0.1, -0.05) is 18.2 Å². The number of ketones is 1. The minimum absolute atomic E-state index is 0.131. The van der Waals surface area contributed by atoms with E-state index in [1.165, 1.54) is 12.5 Å². The topological polar surface area (TPSA) is 177 Å². The van der Waals surface area contributed by atoms with Crippen LogP contribution < -0.4 is 15.4 Å². The lowest BCUT2D eigenvalue weighted by atomic mass is 10.0. The van der Waals surface area contributed by atoms with E-state index < -0.39 is 38.7 Å². The number of carbonyl (C=O) groups is 1. The fraction of sp³-hybridized carbons (Fsp3) is 0.167. The Labute approximate surface area is 221 Å². The molecule has 4 rings (SSSR count). The third kappa shape index (κ3) is 6.04. The van der Waals surface area contributed by atoms with Crippen LogP contribution in [0.25, 0.3) is 11.0 Å². The summed E-state index contributed by atoms with van der Waals surface area (Å²) in [6.07, 6.45) is 2.78. The van der Waals surface area contributed by atoms with E-state index in [-0.39, 0.29) is 34.6 Å². The van der Waals surface area contributed by atoms with Gasteiger partial charge < -0.3 is 15.6 Å². The minimum atomic E-state index is -3.89. The van der Waals surface area contributed by atoms with Gasteiger partial charge in [0.1, 0.15) is 29.4 Å². The summed E-state index contributed by atoms with van der Waals surface area (Å²) in [5, 5.41) is 12.8. The summed E-state index contributed by atoms with van der Waals surface area (Å²) >= 11 is 0. The van der Waals surface area contributed by atoms with Crippen molar-refractivity contribution in [3.05, 3.63) is 71.7 Å². The first kappa shape index (κ1) is 27.3. The highest BCUT2D eigenvalue weighted by atomic mass is 32.2. The van der Waals surface area contributed by atoms with Crippen LogP contribution in [0.2, 0.25) is 0 Å². The molecule has 39 heavy (non-hydrogen) atoms. The van der Waals surface area contributed by atoms with Crippen LogP contribution in [0.1, 0.15) is 36.2 Å². The molecular weight excluding hydrogens is 532 g/mol. The molecule has 0 amide bonds. The maximum Gasteiger partial charge on any atom is 0.232 e. The van der Waals surface area contributed by atoms with Crippen LogP contribution in [0.15, 0.2) is 59.2 Å². The van der Waals surface area contributed by atoms with Gasteiger partial charge in [-0.3, -0.25) is 9.52 Å². The fourth-order valence-corrected chi connectivity index (χ4v) is 4.95. The van der Waals surface area contributed by atoms with Gasteiger partial charge in [0.05, 0.1) is 28.0 Å². The van der Waals surface area contributed by atoms with Crippen molar-refractivity contribution in [2.45, 2.75) is 20.3 Å². The molecule has 2 aromatic carbocycles. The van der Waals surface area contributed by atoms with Gasteiger partial charge in [-0.25, -0.2) is 27.2 Å². The fourth-order valence-electron chi connectivity index (χ4n) is 3.82. The second kappa shape index (κ2) is 11.3. The number of benzene rings is 2. The number of nitrogens with one attached hydrogen (secondary N) is 5. The van der Waals surface area contributed by atoms with E-state index in [9.17, 15) is 17.6 Å². The van der Waals surface area contributed by atoms with E-state index in [1.807, 2.05) is 0 Å². The van der Waals surface area contributed by atoms with Gasteiger partial charge in [0.2, 0.25) is 15.8 Å². The molecule has 15 heteroatoms. The Morgan fingerprint density at radius 3 is 2.67 bits per heavy atom. The number of rotatable bonds is 10. The third-order valence-corrected chi connectivity index (χ3v) is 6.90. The number of amidine groups is 1. The Bertz CT molecular complexity index is 1700. The smallest absolute Gasteiger partial charge is 0.232 e. The largest absolute Gasteiger partial charge is 0.345 e. The SMILES string of the molecule is CCCS(=O)(=O)Nc1ccc(F)c(C(=O)c2c[nH]c3ncnc(Nc4cccc(N/C(C)=N\N=N)c4)c23)c1F. The van der Waals surface area contributed by atoms with Crippen molar-refractivity contribution in [1.82, 2.24) is 15.0 Å². The van der Waals surface area contributed by atoms with Crippen LogP contribution in [0.4, 0.5) is 31.7 Å². The highest BCUT2D eigenvalue weighted by molar-refractivity contribution is 7.92. The molecule has 0 unspecified atom stereocenters. The van der Waals surface area contributed by atoms with E-state index in [1.54, 1.807) is 38.1 Å². The number of H-pyrrole nitrogens is 1. The van der Waals surface area contributed by atoms with Gasteiger partial charge in [0, 0.05) is 17.6 Å². The normalized spacial score (nSPS) is 11.8. The molecule has 0 aliphatic rings. The number of sulfonamides is 1. The molecule has 0 aliphatic carbocycles. The zero-order valence-corrected chi connectivity index (χ0v) is 21.5. The van der Waals surface area contributed by atoms with Gasteiger partial charge in [-0.2, -0.15) is 5.53 Å². The molecule has 0 fully saturated rings. The minimum Gasteiger partial charge on any atom is -0.345 e. The summed E-state index contributed by atoms with van der Waals surface area (Å²) in [7, 11) is -3.89.